The molecule has 0 saturated carbocycles. The number of hydrogen-bond acceptors (Lipinski definition) is 2. The minimum Gasteiger partial charge on any atom is -0.397 e. The van der Waals surface area contributed by atoms with Crippen LogP contribution in [0.1, 0.15) is 24.6 Å². The van der Waals surface area contributed by atoms with Crippen LogP contribution in [0.25, 0.3) is 0 Å². The summed E-state index contributed by atoms with van der Waals surface area (Å²) in [7, 11) is 0. The molecule has 1 saturated heterocycles. The Morgan fingerprint density at radius 2 is 2.45 bits per heavy atom. The van der Waals surface area contributed by atoms with E-state index in [1.165, 1.54) is 12.8 Å². The molecule has 2 heterocycles. The van der Waals surface area contributed by atoms with Gasteiger partial charge in [0.25, 0.3) is 0 Å². The van der Waals surface area contributed by atoms with Gasteiger partial charge in [0.2, 0.25) is 0 Å². The van der Waals surface area contributed by atoms with Crippen molar-refractivity contribution in [1.82, 2.24) is 10.3 Å². The number of nitrogens with one attached hydrogen (secondary N) is 2. The van der Waals surface area contributed by atoms with Crippen LogP contribution >= 0.6 is 0 Å². The SMILES string of the molecule is Nc1cc[nH]c1C1CCCN1. The van der Waals surface area contributed by atoms with Gasteiger partial charge in [-0.2, -0.15) is 0 Å². The maximum Gasteiger partial charge on any atom is 0.0553 e. The Kier molecular flexibility index (Phi) is 1.58. The second kappa shape index (κ2) is 2.58. The summed E-state index contributed by atoms with van der Waals surface area (Å²) in [5, 5.41) is 3.39. The summed E-state index contributed by atoms with van der Waals surface area (Å²) < 4.78 is 0. The number of aromatic amines is 1. The highest BCUT2D eigenvalue weighted by atomic mass is 15.0. The molecule has 0 amide bonds. The first-order valence-corrected chi connectivity index (χ1v) is 4.04. The van der Waals surface area contributed by atoms with Crippen molar-refractivity contribution < 1.29 is 0 Å². The quantitative estimate of drug-likeness (QED) is 0.561. The van der Waals surface area contributed by atoms with E-state index in [0.29, 0.717) is 6.04 Å². The third-order valence-electron chi connectivity index (χ3n) is 2.22. The van der Waals surface area contributed by atoms with Crippen LogP contribution in [-0.4, -0.2) is 11.5 Å². The largest absolute Gasteiger partial charge is 0.397 e. The predicted molar refractivity (Wildman–Crippen MR) is 45.2 cm³/mol. The standard InChI is InChI=1S/C8H13N3/c9-6-3-5-11-8(6)7-2-1-4-10-7/h3,5,7,10-11H,1-2,4,9H2. The molecule has 11 heavy (non-hydrogen) atoms. The molecular formula is C8H13N3. The molecule has 1 aliphatic rings. The Bertz CT molecular complexity index is 235. The van der Waals surface area contributed by atoms with E-state index in [0.717, 1.165) is 17.9 Å². The van der Waals surface area contributed by atoms with Gasteiger partial charge in [0.1, 0.15) is 0 Å². The van der Waals surface area contributed by atoms with Crippen LogP contribution in [0.15, 0.2) is 12.3 Å². The van der Waals surface area contributed by atoms with E-state index in [9.17, 15) is 0 Å². The summed E-state index contributed by atoms with van der Waals surface area (Å²) >= 11 is 0. The minimum absolute atomic E-state index is 0.463. The molecule has 0 aliphatic carbocycles. The van der Waals surface area contributed by atoms with E-state index in [4.69, 9.17) is 5.73 Å². The lowest BCUT2D eigenvalue weighted by molar-refractivity contribution is 0.634. The van der Waals surface area contributed by atoms with E-state index in [-0.39, 0.29) is 0 Å². The van der Waals surface area contributed by atoms with Gasteiger partial charge in [0.05, 0.1) is 11.4 Å². The molecule has 4 N–H and O–H groups in total. The molecule has 0 aromatic carbocycles. The fraction of sp³-hybridized carbons (Fsp3) is 0.500. The Labute approximate surface area is 66.0 Å². The third-order valence-corrected chi connectivity index (χ3v) is 2.22. The van der Waals surface area contributed by atoms with Crippen molar-refractivity contribution in [2.75, 3.05) is 12.3 Å². The van der Waals surface area contributed by atoms with Crippen LogP contribution in [-0.2, 0) is 0 Å². The molecule has 1 unspecified atom stereocenters. The summed E-state index contributed by atoms with van der Waals surface area (Å²) in [6.45, 7) is 1.11. The monoisotopic (exact) mass is 151 g/mol. The molecule has 2 rings (SSSR count). The smallest absolute Gasteiger partial charge is 0.0553 e. The van der Waals surface area contributed by atoms with Gasteiger partial charge in [-0.25, -0.2) is 0 Å². The number of nitrogen functional groups attached to an aromatic ring is 1. The average molecular weight is 151 g/mol. The molecule has 1 aromatic rings. The van der Waals surface area contributed by atoms with Crippen LogP contribution in [0.5, 0.6) is 0 Å². The molecule has 1 fully saturated rings. The number of rotatable bonds is 1. The van der Waals surface area contributed by atoms with Crippen molar-refractivity contribution in [2.45, 2.75) is 18.9 Å². The molecule has 1 aliphatic heterocycles. The topological polar surface area (TPSA) is 53.8 Å². The van der Waals surface area contributed by atoms with E-state index in [1.807, 2.05) is 12.3 Å². The predicted octanol–water partition coefficient (Wildman–Crippen LogP) is 1.02. The van der Waals surface area contributed by atoms with Gasteiger partial charge in [0.15, 0.2) is 0 Å². The van der Waals surface area contributed by atoms with Gasteiger partial charge in [0, 0.05) is 12.2 Å². The zero-order chi connectivity index (χ0) is 7.68. The van der Waals surface area contributed by atoms with Crippen LogP contribution in [0.3, 0.4) is 0 Å². The maximum atomic E-state index is 5.75. The molecule has 3 nitrogen and oxygen atoms in total. The lowest BCUT2D eigenvalue weighted by atomic mass is 10.1. The average Bonchev–Trinajstić information content (AvgIpc) is 2.55. The summed E-state index contributed by atoms with van der Waals surface area (Å²) in [6.07, 6.45) is 4.35. The zero-order valence-corrected chi connectivity index (χ0v) is 6.43. The van der Waals surface area contributed by atoms with Gasteiger partial charge in [-0.05, 0) is 25.5 Å². The third kappa shape index (κ3) is 1.12. The Morgan fingerprint density at radius 3 is 3.00 bits per heavy atom. The first-order valence-electron chi connectivity index (χ1n) is 4.04. The highest BCUT2D eigenvalue weighted by Crippen LogP contribution is 2.25. The molecule has 0 bridgehead atoms. The van der Waals surface area contributed by atoms with Crippen LogP contribution in [0.2, 0.25) is 0 Å². The zero-order valence-electron chi connectivity index (χ0n) is 6.43. The molecule has 3 heteroatoms. The van der Waals surface area contributed by atoms with Crippen molar-refractivity contribution in [1.29, 1.82) is 0 Å². The first-order chi connectivity index (χ1) is 5.38. The Balaban J connectivity index is 2.21. The van der Waals surface area contributed by atoms with E-state index < -0.39 is 0 Å². The molecule has 0 radical (unpaired) electrons. The molecule has 1 aromatic heterocycles. The minimum atomic E-state index is 0.463. The van der Waals surface area contributed by atoms with Gasteiger partial charge < -0.3 is 16.0 Å². The van der Waals surface area contributed by atoms with Crippen molar-refractivity contribution in [3.05, 3.63) is 18.0 Å². The molecule has 60 valence electrons. The van der Waals surface area contributed by atoms with Crippen molar-refractivity contribution >= 4 is 5.69 Å². The highest BCUT2D eigenvalue weighted by Gasteiger charge is 2.18. The summed E-state index contributed by atoms with van der Waals surface area (Å²) in [5.41, 5.74) is 7.78. The van der Waals surface area contributed by atoms with Gasteiger partial charge in [-0.15, -0.1) is 0 Å². The number of nitrogens with two attached hydrogens (primary N) is 1. The lowest BCUT2D eigenvalue weighted by Gasteiger charge is -2.08. The fourth-order valence-corrected chi connectivity index (χ4v) is 1.63. The number of hydrogen-bond donors (Lipinski definition) is 3. The first kappa shape index (κ1) is 6.73. The van der Waals surface area contributed by atoms with Crippen LogP contribution < -0.4 is 11.1 Å². The summed E-state index contributed by atoms with van der Waals surface area (Å²) in [6, 6.07) is 2.38. The number of H-pyrrole nitrogens is 1. The maximum absolute atomic E-state index is 5.75. The normalized spacial score (nSPS) is 24.2. The van der Waals surface area contributed by atoms with Crippen molar-refractivity contribution in [3.8, 4) is 0 Å². The Hall–Kier alpha value is -0.960. The fourth-order valence-electron chi connectivity index (χ4n) is 1.63. The number of aromatic nitrogens is 1. The van der Waals surface area contributed by atoms with Crippen LogP contribution in [0.4, 0.5) is 5.69 Å². The van der Waals surface area contributed by atoms with E-state index in [2.05, 4.69) is 10.3 Å². The summed E-state index contributed by atoms with van der Waals surface area (Å²) in [4.78, 5) is 3.16. The lowest BCUT2D eigenvalue weighted by Crippen LogP contribution is -2.14. The molecule has 0 spiro atoms. The second-order valence-electron chi connectivity index (χ2n) is 3.00. The molecule has 1 atom stereocenters. The van der Waals surface area contributed by atoms with E-state index >= 15 is 0 Å². The van der Waals surface area contributed by atoms with Gasteiger partial charge >= 0.3 is 0 Å². The van der Waals surface area contributed by atoms with E-state index in [1.54, 1.807) is 0 Å². The summed E-state index contributed by atoms with van der Waals surface area (Å²) in [5.74, 6) is 0. The van der Waals surface area contributed by atoms with Crippen molar-refractivity contribution in [3.63, 3.8) is 0 Å². The molecular weight excluding hydrogens is 138 g/mol. The van der Waals surface area contributed by atoms with Crippen molar-refractivity contribution in [2.24, 2.45) is 0 Å². The van der Waals surface area contributed by atoms with Crippen LogP contribution in [0, 0.1) is 0 Å². The number of anilines is 1. The van der Waals surface area contributed by atoms with Gasteiger partial charge in [-0.1, -0.05) is 0 Å². The second-order valence-corrected chi connectivity index (χ2v) is 3.00. The van der Waals surface area contributed by atoms with Gasteiger partial charge in [-0.3, -0.25) is 0 Å². The highest BCUT2D eigenvalue weighted by molar-refractivity contribution is 5.44. The Morgan fingerprint density at radius 1 is 1.55 bits per heavy atom.